The van der Waals surface area contributed by atoms with Crippen molar-refractivity contribution >= 4 is 30.6 Å². The summed E-state index contributed by atoms with van der Waals surface area (Å²) in [6.07, 6.45) is 5.63. The molecule has 15 heavy (non-hydrogen) atoms. The third-order valence-electron chi connectivity index (χ3n) is 2.62. The Labute approximate surface area is 91.1 Å². The minimum Gasteiger partial charge on any atom is -0.0612 e. The predicted octanol–water partition coefficient (Wildman–Crippen LogP) is 4.18. The Bertz CT molecular complexity index is 630. The number of hydrogen-bond donors (Lipinski definition) is 0. The Balaban J connectivity index is 2.70. The monoisotopic (exact) mass is 209 g/mol. The fourth-order valence-electron chi connectivity index (χ4n) is 1.98. The van der Waals surface area contributed by atoms with E-state index in [0.717, 1.165) is 0 Å². The molecule has 70 valence electrons. The van der Waals surface area contributed by atoms with Gasteiger partial charge < -0.3 is 0 Å². The normalized spacial score (nSPS) is 10.6. The second kappa shape index (κ2) is 3.12. The van der Waals surface area contributed by atoms with Gasteiger partial charge >= 0.3 is 0 Å². The van der Waals surface area contributed by atoms with Gasteiger partial charge in [0.05, 0.1) is 10.5 Å². The van der Waals surface area contributed by atoms with Crippen molar-refractivity contribution in [2.45, 2.75) is 0 Å². The molecular weight excluding hydrogens is 200 g/mol. The van der Waals surface area contributed by atoms with Gasteiger partial charge in [-0.3, -0.25) is 0 Å². The summed E-state index contributed by atoms with van der Waals surface area (Å²) < 4.78 is 2.59. The molecule has 3 aromatic rings. The molecule has 1 heteroatoms. The molecule has 0 spiro atoms. The van der Waals surface area contributed by atoms with Crippen LogP contribution in [0.15, 0.2) is 48.5 Å². The summed E-state index contributed by atoms with van der Waals surface area (Å²) in [7, 11) is -0.156. The van der Waals surface area contributed by atoms with Gasteiger partial charge in [-0.2, -0.15) is 0 Å². The van der Waals surface area contributed by atoms with Crippen molar-refractivity contribution in [3.8, 4) is 11.7 Å². The van der Waals surface area contributed by atoms with Gasteiger partial charge in [0.15, 0.2) is 14.7 Å². The third kappa shape index (κ3) is 1.09. The average molecular weight is 209 g/mol. The maximum absolute atomic E-state index is 5.63. The van der Waals surface area contributed by atoms with Crippen molar-refractivity contribution in [3.05, 3.63) is 48.5 Å². The van der Waals surface area contributed by atoms with Crippen molar-refractivity contribution in [1.82, 2.24) is 0 Å². The minimum absolute atomic E-state index is 0.156. The first-order valence-corrected chi connectivity index (χ1v) is 6.03. The Morgan fingerprint density at radius 2 is 1.27 bits per heavy atom. The van der Waals surface area contributed by atoms with Crippen LogP contribution in [0.4, 0.5) is 0 Å². The Morgan fingerprint density at radius 1 is 0.800 bits per heavy atom. The molecule has 0 aliphatic rings. The van der Waals surface area contributed by atoms with E-state index in [-0.39, 0.29) is 10.5 Å². The molecule has 0 amide bonds. The molecule has 0 nitrogen and oxygen atoms in total. The predicted molar refractivity (Wildman–Crippen MR) is 68.2 cm³/mol. The summed E-state index contributed by atoms with van der Waals surface area (Å²) in [6.45, 7) is 0. The van der Waals surface area contributed by atoms with Crippen LogP contribution in [0.2, 0.25) is 0 Å². The summed E-state index contributed by atoms with van der Waals surface area (Å²) in [6, 6.07) is 16.8. The molecule has 0 radical (unpaired) electrons. The Kier molecular flexibility index (Phi) is 1.77. The second-order valence-electron chi connectivity index (χ2n) is 3.42. The van der Waals surface area contributed by atoms with Gasteiger partial charge in [-0.1, -0.05) is 30.7 Å². The highest BCUT2D eigenvalue weighted by Crippen LogP contribution is 2.41. The first-order valence-electron chi connectivity index (χ1n) is 4.81. The Morgan fingerprint density at radius 3 is 1.73 bits per heavy atom. The fourth-order valence-corrected chi connectivity index (χ4v) is 3.70. The molecule has 0 fully saturated rings. The molecule has 1 heterocycles. The summed E-state index contributed by atoms with van der Waals surface area (Å²) >= 11 is 0. The summed E-state index contributed by atoms with van der Waals surface area (Å²) in [5.41, 5.74) is 0. The fraction of sp³-hybridized carbons (Fsp3) is 0. The van der Waals surface area contributed by atoms with Crippen LogP contribution in [0, 0.1) is 11.7 Å². The van der Waals surface area contributed by atoms with E-state index in [2.05, 4.69) is 53.8 Å². The van der Waals surface area contributed by atoms with Crippen molar-refractivity contribution in [3.63, 3.8) is 0 Å². The number of benzene rings is 2. The largest absolute Gasteiger partial charge is 0.197 e. The average Bonchev–Trinajstić information content (AvgIpc) is 2.63. The zero-order valence-electron chi connectivity index (χ0n) is 8.10. The standard InChI is InChI=1S/C14H9S/c1-2-15-13-9-5-3-7-11(13)12-8-4-6-10-14(12)15/h1,3-10H/q+1. The molecule has 0 atom stereocenters. The molecular formula is C14H9S+. The van der Waals surface area contributed by atoms with Gasteiger partial charge in [0, 0.05) is 10.8 Å². The van der Waals surface area contributed by atoms with E-state index in [1.165, 1.54) is 20.2 Å². The topological polar surface area (TPSA) is 0 Å². The van der Waals surface area contributed by atoms with Gasteiger partial charge in [0.1, 0.15) is 0 Å². The van der Waals surface area contributed by atoms with E-state index in [4.69, 9.17) is 6.42 Å². The highest BCUT2D eigenvalue weighted by atomic mass is 32.2. The van der Waals surface area contributed by atoms with Crippen LogP contribution in [-0.2, 0) is 0 Å². The van der Waals surface area contributed by atoms with Crippen LogP contribution in [0.25, 0.3) is 20.2 Å². The molecule has 1 aromatic heterocycles. The zero-order chi connectivity index (χ0) is 10.3. The first-order chi connectivity index (χ1) is 7.42. The van der Waals surface area contributed by atoms with Crippen LogP contribution < -0.4 is 0 Å². The van der Waals surface area contributed by atoms with E-state index < -0.39 is 0 Å². The maximum Gasteiger partial charge on any atom is 0.197 e. The summed E-state index contributed by atoms with van der Waals surface area (Å²) in [4.78, 5) is 0. The van der Waals surface area contributed by atoms with E-state index in [9.17, 15) is 0 Å². The SMILES string of the molecule is C#C[s+]1c2ccccc2c2ccccc21. The molecule has 0 aliphatic heterocycles. The summed E-state index contributed by atoms with van der Waals surface area (Å²) in [5.74, 6) is 0. The van der Waals surface area contributed by atoms with Crippen LogP contribution in [0.5, 0.6) is 0 Å². The molecule has 0 bridgehead atoms. The lowest BCUT2D eigenvalue weighted by molar-refractivity contribution is 1.84. The van der Waals surface area contributed by atoms with Crippen molar-refractivity contribution < 1.29 is 0 Å². The van der Waals surface area contributed by atoms with Crippen LogP contribution in [-0.4, -0.2) is 0 Å². The molecule has 0 saturated heterocycles. The van der Waals surface area contributed by atoms with E-state index in [0.29, 0.717) is 0 Å². The van der Waals surface area contributed by atoms with Crippen molar-refractivity contribution in [1.29, 1.82) is 0 Å². The Hall–Kier alpha value is -1.78. The second-order valence-corrected chi connectivity index (χ2v) is 5.14. The highest BCUT2D eigenvalue weighted by molar-refractivity contribution is 7.48. The first kappa shape index (κ1) is 8.52. The number of thiophene rings is 1. The van der Waals surface area contributed by atoms with Crippen molar-refractivity contribution in [2.75, 3.05) is 0 Å². The van der Waals surface area contributed by atoms with Gasteiger partial charge in [-0.05, 0) is 24.3 Å². The van der Waals surface area contributed by atoms with Crippen molar-refractivity contribution in [2.24, 2.45) is 0 Å². The molecule has 0 saturated carbocycles. The lowest BCUT2D eigenvalue weighted by Gasteiger charge is -1.83. The van der Waals surface area contributed by atoms with Gasteiger partial charge in [-0.25, -0.2) is 0 Å². The molecule has 0 N–H and O–H groups in total. The third-order valence-corrected chi connectivity index (χ3v) is 4.45. The molecule has 3 rings (SSSR count). The van der Waals surface area contributed by atoms with Gasteiger partial charge in [0.2, 0.25) is 0 Å². The lowest BCUT2D eigenvalue weighted by atomic mass is 10.2. The molecule has 0 unspecified atom stereocenters. The number of fused-ring (bicyclic) bond motifs is 3. The quantitative estimate of drug-likeness (QED) is 0.385. The summed E-state index contributed by atoms with van der Waals surface area (Å²) in [5, 5.41) is 5.50. The molecule has 0 aliphatic carbocycles. The number of rotatable bonds is 0. The van der Waals surface area contributed by atoms with Crippen LogP contribution in [0.1, 0.15) is 0 Å². The molecule has 2 aromatic carbocycles. The van der Waals surface area contributed by atoms with Gasteiger partial charge in [-0.15, -0.1) is 0 Å². The maximum atomic E-state index is 5.63. The van der Waals surface area contributed by atoms with E-state index >= 15 is 0 Å². The van der Waals surface area contributed by atoms with E-state index in [1.807, 2.05) is 0 Å². The lowest BCUT2D eigenvalue weighted by Crippen LogP contribution is -1.62. The highest BCUT2D eigenvalue weighted by Gasteiger charge is 2.18. The van der Waals surface area contributed by atoms with Crippen LogP contribution >= 0.6 is 10.5 Å². The minimum atomic E-state index is -0.156. The van der Waals surface area contributed by atoms with E-state index in [1.54, 1.807) is 0 Å². The zero-order valence-corrected chi connectivity index (χ0v) is 8.92. The smallest absolute Gasteiger partial charge is 0.0612 e. The number of terminal acetylenes is 1. The number of hydrogen-bond acceptors (Lipinski definition) is 0. The van der Waals surface area contributed by atoms with Gasteiger partial charge in [0.25, 0.3) is 0 Å². The van der Waals surface area contributed by atoms with Crippen LogP contribution in [0.3, 0.4) is 0 Å².